The summed E-state index contributed by atoms with van der Waals surface area (Å²) in [5.74, 6) is 0. The third kappa shape index (κ3) is 2.36. The van der Waals surface area contributed by atoms with E-state index in [4.69, 9.17) is 0 Å². The first-order chi connectivity index (χ1) is 12.3. The summed E-state index contributed by atoms with van der Waals surface area (Å²) in [5, 5.41) is 7.41. The van der Waals surface area contributed by atoms with E-state index in [0.29, 0.717) is 14.5 Å². The van der Waals surface area contributed by atoms with Gasteiger partial charge in [0.25, 0.3) is 0 Å². The molecule has 25 heavy (non-hydrogen) atoms. The molecule has 0 amide bonds. The van der Waals surface area contributed by atoms with Crippen molar-refractivity contribution in [2.24, 2.45) is 0 Å². The van der Waals surface area contributed by atoms with Crippen molar-refractivity contribution >= 4 is 33.8 Å². The van der Waals surface area contributed by atoms with Crippen LogP contribution in [0.3, 0.4) is 0 Å². The topological polar surface area (TPSA) is 17.8 Å². The summed E-state index contributed by atoms with van der Waals surface area (Å²) >= 11 is 0.424. The van der Waals surface area contributed by atoms with Crippen molar-refractivity contribution in [3.05, 3.63) is 84.7 Å². The summed E-state index contributed by atoms with van der Waals surface area (Å²) in [6.45, 7) is 2.14. The van der Waals surface area contributed by atoms with Gasteiger partial charge < -0.3 is 0 Å². The van der Waals surface area contributed by atoms with E-state index in [-0.39, 0.29) is 0 Å². The Bertz CT molecular complexity index is 1200. The van der Waals surface area contributed by atoms with Crippen molar-refractivity contribution in [1.82, 2.24) is 9.78 Å². The molecule has 2 nitrogen and oxygen atoms in total. The Morgan fingerprint density at radius 3 is 2.44 bits per heavy atom. The van der Waals surface area contributed by atoms with Crippen LogP contribution in [-0.2, 0) is 0 Å². The maximum atomic E-state index is 4.62. The molecular weight excluding hydrogens is 371 g/mol. The van der Waals surface area contributed by atoms with Crippen LogP contribution in [-0.4, -0.2) is 24.3 Å². The van der Waals surface area contributed by atoms with Gasteiger partial charge in [0.15, 0.2) is 0 Å². The molecule has 0 atom stereocenters. The van der Waals surface area contributed by atoms with E-state index >= 15 is 0 Å². The van der Waals surface area contributed by atoms with Crippen LogP contribution in [0.2, 0.25) is 0 Å². The Morgan fingerprint density at radius 2 is 1.56 bits per heavy atom. The Morgan fingerprint density at radius 1 is 0.800 bits per heavy atom. The Kier molecular flexibility index (Phi) is 3.37. The van der Waals surface area contributed by atoms with Gasteiger partial charge >= 0.3 is 152 Å². The first kappa shape index (κ1) is 14.7. The summed E-state index contributed by atoms with van der Waals surface area (Å²) in [5.41, 5.74) is 4.71. The zero-order valence-corrected chi connectivity index (χ0v) is 15.5. The molecule has 0 aliphatic carbocycles. The predicted octanol–water partition coefficient (Wildman–Crippen LogP) is 5.21. The number of fused-ring (bicyclic) bond motifs is 3. The standard InChI is InChI=1S/C22H16N2Se/c1-15-20(14-23-24(15)17-7-3-2-4-8-17)16-11-12-22-19(13-16)18-9-5-6-10-21(18)25-22/h2-14H,1H3. The predicted molar refractivity (Wildman–Crippen MR) is 106 cm³/mol. The second kappa shape index (κ2) is 5.73. The van der Waals surface area contributed by atoms with Crippen molar-refractivity contribution < 1.29 is 0 Å². The van der Waals surface area contributed by atoms with Crippen LogP contribution in [0.25, 0.3) is 36.1 Å². The van der Waals surface area contributed by atoms with Crippen LogP contribution in [0.1, 0.15) is 5.69 Å². The molecule has 3 aromatic carbocycles. The van der Waals surface area contributed by atoms with Gasteiger partial charge in [-0.25, -0.2) is 0 Å². The van der Waals surface area contributed by atoms with Gasteiger partial charge in [-0.05, 0) is 0 Å². The first-order valence-electron chi connectivity index (χ1n) is 8.33. The summed E-state index contributed by atoms with van der Waals surface area (Å²) in [6.07, 6.45) is 1.98. The van der Waals surface area contributed by atoms with E-state index in [1.54, 1.807) is 0 Å². The summed E-state index contributed by atoms with van der Waals surface area (Å²) in [4.78, 5) is 0. The second-order valence-electron chi connectivity index (χ2n) is 6.20. The molecule has 0 saturated carbocycles. The van der Waals surface area contributed by atoms with Crippen molar-refractivity contribution in [3.8, 4) is 16.8 Å². The van der Waals surface area contributed by atoms with Crippen LogP contribution in [0.4, 0.5) is 0 Å². The molecule has 0 spiro atoms. The van der Waals surface area contributed by atoms with Crippen molar-refractivity contribution in [2.45, 2.75) is 6.92 Å². The van der Waals surface area contributed by atoms with Crippen LogP contribution >= 0.6 is 0 Å². The van der Waals surface area contributed by atoms with E-state index in [1.807, 2.05) is 29.1 Å². The molecule has 0 fully saturated rings. The molecule has 0 saturated heterocycles. The SMILES string of the molecule is Cc1c(-c2ccc3[se]c4ccccc4c3c2)cnn1-c1ccccc1. The van der Waals surface area contributed by atoms with Crippen molar-refractivity contribution in [3.63, 3.8) is 0 Å². The third-order valence-electron chi connectivity index (χ3n) is 4.70. The van der Waals surface area contributed by atoms with E-state index < -0.39 is 0 Å². The van der Waals surface area contributed by atoms with Crippen LogP contribution < -0.4 is 0 Å². The maximum absolute atomic E-state index is 4.62. The average Bonchev–Trinajstić information content (AvgIpc) is 3.22. The Labute approximate surface area is 152 Å². The average molecular weight is 387 g/mol. The number of rotatable bonds is 2. The van der Waals surface area contributed by atoms with Gasteiger partial charge in [-0.3, -0.25) is 0 Å². The molecule has 0 aliphatic rings. The number of nitrogens with zero attached hydrogens (tertiary/aromatic N) is 2. The number of benzene rings is 3. The molecule has 2 aromatic heterocycles. The third-order valence-corrected chi connectivity index (χ3v) is 7.11. The molecule has 0 bridgehead atoms. The quantitative estimate of drug-likeness (QED) is 0.380. The van der Waals surface area contributed by atoms with E-state index in [1.165, 1.54) is 36.1 Å². The van der Waals surface area contributed by atoms with E-state index in [0.717, 1.165) is 5.69 Å². The zero-order chi connectivity index (χ0) is 16.8. The molecule has 120 valence electrons. The normalized spacial score (nSPS) is 11.4. The molecule has 5 aromatic rings. The van der Waals surface area contributed by atoms with Crippen molar-refractivity contribution in [2.75, 3.05) is 0 Å². The summed E-state index contributed by atoms with van der Waals surface area (Å²) in [6, 6.07) is 25.9. The minimum atomic E-state index is 0.424. The molecule has 0 radical (unpaired) electrons. The fraction of sp³-hybridized carbons (Fsp3) is 0.0455. The van der Waals surface area contributed by atoms with Gasteiger partial charge in [-0.1, -0.05) is 0 Å². The fourth-order valence-electron chi connectivity index (χ4n) is 3.42. The fourth-order valence-corrected chi connectivity index (χ4v) is 5.70. The van der Waals surface area contributed by atoms with Crippen LogP contribution in [0, 0.1) is 6.92 Å². The van der Waals surface area contributed by atoms with Crippen LogP contribution in [0.15, 0.2) is 79.0 Å². The van der Waals surface area contributed by atoms with Gasteiger partial charge in [-0.15, -0.1) is 0 Å². The van der Waals surface area contributed by atoms with Gasteiger partial charge in [0.2, 0.25) is 0 Å². The molecular formula is C22H16N2Se. The summed E-state index contributed by atoms with van der Waals surface area (Å²) < 4.78 is 4.98. The second-order valence-corrected chi connectivity index (χ2v) is 8.47. The van der Waals surface area contributed by atoms with Crippen molar-refractivity contribution in [1.29, 1.82) is 0 Å². The zero-order valence-electron chi connectivity index (χ0n) is 13.8. The molecule has 0 unspecified atom stereocenters. The molecule has 0 N–H and O–H groups in total. The number of hydrogen-bond donors (Lipinski definition) is 0. The number of aromatic nitrogens is 2. The monoisotopic (exact) mass is 388 g/mol. The van der Waals surface area contributed by atoms with Gasteiger partial charge in [-0.2, -0.15) is 0 Å². The Balaban J connectivity index is 1.69. The van der Waals surface area contributed by atoms with Gasteiger partial charge in [0, 0.05) is 0 Å². The molecule has 3 heteroatoms. The van der Waals surface area contributed by atoms with Gasteiger partial charge in [0.1, 0.15) is 0 Å². The van der Waals surface area contributed by atoms with Gasteiger partial charge in [0.05, 0.1) is 0 Å². The molecule has 0 aliphatic heterocycles. The van der Waals surface area contributed by atoms with E-state index in [9.17, 15) is 0 Å². The summed E-state index contributed by atoms with van der Waals surface area (Å²) in [7, 11) is 0. The molecule has 5 rings (SSSR count). The number of hydrogen-bond acceptors (Lipinski definition) is 1. The molecule has 2 heterocycles. The van der Waals surface area contributed by atoms with Crippen LogP contribution in [0.5, 0.6) is 0 Å². The first-order valence-corrected chi connectivity index (χ1v) is 10.0. The minimum absolute atomic E-state index is 0.424. The number of para-hydroxylation sites is 1. The Hall–Kier alpha value is -2.61. The van der Waals surface area contributed by atoms with E-state index in [2.05, 4.69) is 66.6 Å².